The normalized spacial score (nSPS) is 18.0. The molecule has 0 aliphatic carbocycles. The van der Waals surface area contributed by atoms with Gasteiger partial charge in [-0.3, -0.25) is 5.32 Å². The highest BCUT2D eigenvalue weighted by Gasteiger charge is 2.29. The fourth-order valence-electron chi connectivity index (χ4n) is 2.32. The summed E-state index contributed by atoms with van der Waals surface area (Å²) in [5.41, 5.74) is 1.04. The molecule has 8 heteroatoms. The molecule has 1 N–H and O–H groups in total. The van der Waals surface area contributed by atoms with Gasteiger partial charge in [-0.05, 0) is 18.6 Å². The molecule has 0 radical (unpaired) electrons. The van der Waals surface area contributed by atoms with Crippen molar-refractivity contribution in [1.29, 1.82) is 0 Å². The van der Waals surface area contributed by atoms with Crippen LogP contribution < -0.4 is 5.32 Å². The van der Waals surface area contributed by atoms with Gasteiger partial charge in [0, 0.05) is 18.7 Å². The van der Waals surface area contributed by atoms with Crippen LogP contribution in [-0.4, -0.2) is 45.8 Å². The quantitative estimate of drug-likeness (QED) is 0.929. The Morgan fingerprint density at radius 3 is 2.88 bits per heavy atom. The number of pyridine rings is 1. The summed E-state index contributed by atoms with van der Waals surface area (Å²) in [6.45, 7) is 7.18. The third kappa shape index (κ3) is 3.70. The van der Waals surface area contributed by atoms with E-state index in [2.05, 4.69) is 20.5 Å². The summed E-state index contributed by atoms with van der Waals surface area (Å²) >= 11 is 0. The van der Waals surface area contributed by atoms with E-state index >= 15 is 0 Å². The minimum atomic E-state index is -0.407. The first-order valence-corrected chi connectivity index (χ1v) is 7.96. The molecule has 2 aromatic rings. The number of aryl methyl sites for hydroxylation is 1. The highest BCUT2D eigenvalue weighted by Crippen LogP contribution is 2.23. The molecule has 0 spiro atoms. The van der Waals surface area contributed by atoms with Crippen LogP contribution in [0.1, 0.15) is 43.2 Å². The molecule has 24 heavy (non-hydrogen) atoms. The molecule has 2 amide bonds. The summed E-state index contributed by atoms with van der Waals surface area (Å²) in [6, 6.07) is 3.46. The second kappa shape index (κ2) is 6.96. The number of carbonyl (C=O) groups is 1. The lowest BCUT2D eigenvalue weighted by atomic mass is 10.2. The first kappa shape index (κ1) is 16.4. The molecule has 128 valence electrons. The Balaban J connectivity index is 1.63. The largest absolute Gasteiger partial charge is 0.422 e. The Hall–Kier alpha value is -2.48. The Morgan fingerprint density at radius 1 is 1.38 bits per heavy atom. The topological polar surface area (TPSA) is 93.4 Å². The van der Waals surface area contributed by atoms with Gasteiger partial charge in [0.25, 0.3) is 0 Å². The van der Waals surface area contributed by atoms with Gasteiger partial charge >= 0.3 is 6.03 Å². The summed E-state index contributed by atoms with van der Waals surface area (Å²) in [7, 11) is 0. The van der Waals surface area contributed by atoms with Gasteiger partial charge in [-0.25, -0.2) is 9.78 Å². The maximum atomic E-state index is 12.4. The van der Waals surface area contributed by atoms with E-state index in [1.54, 1.807) is 17.2 Å². The van der Waals surface area contributed by atoms with Crippen molar-refractivity contribution in [2.75, 3.05) is 25.0 Å². The second-order valence-electron chi connectivity index (χ2n) is 6.09. The van der Waals surface area contributed by atoms with Crippen molar-refractivity contribution in [3.05, 3.63) is 35.7 Å². The number of rotatable bonds is 3. The first-order chi connectivity index (χ1) is 11.5. The lowest BCUT2D eigenvalue weighted by molar-refractivity contribution is -0.0276. The predicted octanol–water partition coefficient (Wildman–Crippen LogP) is 2.50. The minimum Gasteiger partial charge on any atom is -0.422 e. The molecular formula is C16H21N5O3. The summed E-state index contributed by atoms with van der Waals surface area (Å²) in [5.74, 6) is 1.65. The van der Waals surface area contributed by atoms with Gasteiger partial charge in [-0.2, -0.15) is 0 Å². The summed E-state index contributed by atoms with van der Waals surface area (Å²) in [6.07, 6.45) is 1.30. The number of nitrogens with zero attached hydrogens (tertiary/aromatic N) is 4. The predicted molar refractivity (Wildman–Crippen MR) is 86.6 cm³/mol. The van der Waals surface area contributed by atoms with Gasteiger partial charge in [0.15, 0.2) is 6.10 Å². The van der Waals surface area contributed by atoms with Gasteiger partial charge < -0.3 is 14.1 Å². The number of morpholine rings is 1. The van der Waals surface area contributed by atoms with E-state index in [0.717, 1.165) is 5.56 Å². The van der Waals surface area contributed by atoms with Gasteiger partial charge in [0.05, 0.1) is 13.2 Å². The maximum absolute atomic E-state index is 12.4. The van der Waals surface area contributed by atoms with E-state index in [1.807, 2.05) is 26.8 Å². The average molecular weight is 331 g/mol. The van der Waals surface area contributed by atoms with E-state index in [9.17, 15) is 4.79 Å². The van der Waals surface area contributed by atoms with Crippen LogP contribution in [0.15, 0.2) is 22.7 Å². The molecule has 0 saturated carbocycles. The number of hydrogen-bond acceptors (Lipinski definition) is 6. The van der Waals surface area contributed by atoms with Gasteiger partial charge in [0.1, 0.15) is 5.82 Å². The highest BCUT2D eigenvalue weighted by atomic mass is 16.5. The molecule has 0 bridgehead atoms. The van der Waals surface area contributed by atoms with Crippen molar-refractivity contribution in [3.63, 3.8) is 0 Å². The van der Waals surface area contributed by atoms with Crippen LogP contribution >= 0.6 is 0 Å². The average Bonchev–Trinajstić information content (AvgIpc) is 3.07. The zero-order valence-corrected chi connectivity index (χ0v) is 14.0. The summed E-state index contributed by atoms with van der Waals surface area (Å²) in [5, 5.41) is 10.8. The van der Waals surface area contributed by atoms with Crippen LogP contribution in [0, 0.1) is 6.92 Å². The molecule has 1 fully saturated rings. The van der Waals surface area contributed by atoms with Crippen LogP contribution in [0.3, 0.4) is 0 Å². The standard InChI is InChI=1S/C16H21N5O3/c1-10(2)14-19-20-15(24-14)12-9-21(6-7-23-12)16(22)18-13-5-4-11(3)8-17-13/h4-5,8,10,12H,6-7,9H2,1-3H3,(H,17,18,22)/t12-/m1/s1. The Morgan fingerprint density at radius 2 is 2.21 bits per heavy atom. The van der Waals surface area contributed by atoms with Crippen molar-refractivity contribution >= 4 is 11.8 Å². The molecule has 1 atom stereocenters. The second-order valence-corrected chi connectivity index (χ2v) is 6.09. The molecule has 2 aromatic heterocycles. The SMILES string of the molecule is Cc1ccc(NC(=O)N2CCO[C@@H](c3nnc(C(C)C)o3)C2)nc1. The molecule has 1 aliphatic heterocycles. The molecular weight excluding hydrogens is 310 g/mol. The smallest absolute Gasteiger partial charge is 0.323 e. The van der Waals surface area contributed by atoms with Crippen LogP contribution in [0.5, 0.6) is 0 Å². The summed E-state index contributed by atoms with van der Waals surface area (Å²) < 4.78 is 11.3. The third-order valence-electron chi connectivity index (χ3n) is 3.73. The number of hydrogen-bond donors (Lipinski definition) is 1. The van der Waals surface area contributed by atoms with Crippen LogP contribution in [0.2, 0.25) is 0 Å². The number of anilines is 1. The molecule has 8 nitrogen and oxygen atoms in total. The van der Waals surface area contributed by atoms with E-state index in [1.165, 1.54) is 0 Å². The van der Waals surface area contributed by atoms with Crippen molar-refractivity contribution in [2.45, 2.75) is 32.8 Å². The van der Waals surface area contributed by atoms with E-state index in [-0.39, 0.29) is 11.9 Å². The van der Waals surface area contributed by atoms with E-state index in [0.29, 0.717) is 37.3 Å². The number of urea groups is 1. The number of aromatic nitrogens is 3. The van der Waals surface area contributed by atoms with Crippen LogP contribution in [0.4, 0.5) is 10.6 Å². The third-order valence-corrected chi connectivity index (χ3v) is 3.73. The van der Waals surface area contributed by atoms with Crippen molar-refractivity contribution in [2.24, 2.45) is 0 Å². The first-order valence-electron chi connectivity index (χ1n) is 7.96. The molecule has 1 saturated heterocycles. The zero-order chi connectivity index (χ0) is 17.1. The number of amides is 2. The molecule has 3 rings (SSSR count). The van der Waals surface area contributed by atoms with E-state index in [4.69, 9.17) is 9.15 Å². The molecule has 0 unspecified atom stereocenters. The van der Waals surface area contributed by atoms with Crippen molar-refractivity contribution < 1.29 is 13.9 Å². The lowest BCUT2D eigenvalue weighted by Gasteiger charge is -2.31. The maximum Gasteiger partial charge on any atom is 0.323 e. The number of nitrogens with one attached hydrogen (secondary N) is 1. The molecule has 1 aliphatic rings. The lowest BCUT2D eigenvalue weighted by Crippen LogP contribution is -2.44. The zero-order valence-electron chi connectivity index (χ0n) is 14.0. The van der Waals surface area contributed by atoms with Gasteiger partial charge in [-0.1, -0.05) is 19.9 Å². The van der Waals surface area contributed by atoms with Crippen LogP contribution in [-0.2, 0) is 4.74 Å². The van der Waals surface area contributed by atoms with Gasteiger partial charge in [0.2, 0.25) is 11.8 Å². The Bertz CT molecular complexity index is 698. The fourth-order valence-corrected chi connectivity index (χ4v) is 2.32. The fraction of sp³-hybridized carbons (Fsp3) is 0.500. The highest BCUT2D eigenvalue weighted by molar-refractivity contribution is 5.88. The Labute approximate surface area is 140 Å². The number of carbonyl (C=O) groups excluding carboxylic acids is 1. The van der Waals surface area contributed by atoms with Crippen molar-refractivity contribution in [3.8, 4) is 0 Å². The number of ether oxygens (including phenoxy) is 1. The molecule has 0 aromatic carbocycles. The van der Waals surface area contributed by atoms with Crippen LogP contribution in [0.25, 0.3) is 0 Å². The monoisotopic (exact) mass is 331 g/mol. The van der Waals surface area contributed by atoms with E-state index < -0.39 is 6.10 Å². The summed E-state index contributed by atoms with van der Waals surface area (Å²) in [4.78, 5) is 18.2. The Kier molecular flexibility index (Phi) is 4.75. The van der Waals surface area contributed by atoms with Gasteiger partial charge in [-0.15, -0.1) is 10.2 Å². The minimum absolute atomic E-state index is 0.154. The molecule has 3 heterocycles. The van der Waals surface area contributed by atoms with Crippen molar-refractivity contribution in [1.82, 2.24) is 20.1 Å².